The molecule has 1 saturated heterocycles. The third-order valence-electron chi connectivity index (χ3n) is 4.31. The van der Waals surface area contributed by atoms with E-state index >= 15 is 0 Å². The summed E-state index contributed by atoms with van der Waals surface area (Å²) in [5.41, 5.74) is 0.832. The minimum atomic E-state index is -2.84. The van der Waals surface area contributed by atoms with E-state index in [4.69, 9.17) is 0 Å². The number of nitrogens with zero attached hydrogens (tertiary/aromatic N) is 2. The van der Waals surface area contributed by atoms with Gasteiger partial charge in [-0.2, -0.15) is 8.78 Å². The van der Waals surface area contributed by atoms with Crippen molar-refractivity contribution in [2.75, 3.05) is 33.7 Å². The van der Waals surface area contributed by atoms with Crippen LogP contribution in [-0.2, 0) is 0 Å². The predicted octanol–water partition coefficient (Wildman–Crippen LogP) is 2.94. The van der Waals surface area contributed by atoms with E-state index in [1.165, 1.54) is 12.1 Å². The predicted molar refractivity (Wildman–Crippen MR) is 88.3 cm³/mol. The molecule has 134 valence electrons. The number of nitrogens with one attached hydrogen (secondary N) is 1. The molecule has 1 heterocycles. The fraction of sp³-hybridized carbons (Fsp3) is 0.588. The van der Waals surface area contributed by atoms with Gasteiger partial charge in [0.25, 0.3) is 0 Å². The fourth-order valence-electron chi connectivity index (χ4n) is 2.96. The molecule has 0 bridgehead atoms. The van der Waals surface area contributed by atoms with Crippen LogP contribution in [-0.4, -0.2) is 56.2 Å². The SMILES string of the molecule is C[C@@H](NC(=O)N(C)C[C@@H]1CCN(C)C1)c1ccc(OC(F)F)cc1. The molecule has 0 saturated carbocycles. The summed E-state index contributed by atoms with van der Waals surface area (Å²) in [6.07, 6.45) is 1.11. The molecule has 0 aliphatic carbocycles. The summed E-state index contributed by atoms with van der Waals surface area (Å²) in [6, 6.07) is 5.95. The number of hydrogen-bond donors (Lipinski definition) is 1. The zero-order valence-electron chi connectivity index (χ0n) is 14.3. The first-order valence-electron chi connectivity index (χ1n) is 8.10. The molecule has 1 N–H and O–H groups in total. The smallest absolute Gasteiger partial charge is 0.387 e. The van der Waals surface area contributed by atoms with Crippen molar-refractivity contribution < 1.29 is 18.3 Å². The van der Waals surface area contributed by atoms with Gasteiger partial charge in [-0.15, -0.1) is 0 Å². The molecule has 0 spiro atoms. The van der Waals surface area contributed by atoms with Gasteiger partial charge in [0.2, 0.25) is 0 Å². The van der Waals surface area contributed by atoms with Gasteiger partial charge in [-0.25, -0.2) is 4.79 Å². The van der Waals surface area contributed by atoms with E-state index in [1.807, 2.05) is 6.92 Å². The molecule has 1 fully saturated rings. The summed E-state index contributed by atoms with van der Waals surface area (Å²) in [4.78, 5) is 16.3. The van der Waals surface area contributed by atoms with Gasteiger partial charge < -0.3 is 19.9 Å². The molecule has 24 heavy (non-hydrogen) atoms. The van der Waals surface area contributed by atoms with Gasteiger partial charge in [-0.1, -0.05) is 12.1 Å². The van der Waals surface area contributed by atoms with Crippen LogP contribution in [0.1, 0.15) is 24.9 Å². The van der Waals surface area contributed by atoms with Crippen LogP contribution in [0.4, 0.5) is 13.6 Å². The Morgan fingerprint density at radius 3 is 2.62 bits per heavy atom. The second-order valence-corrected chi connectivity index (χ2v) is 6.42. The molecule has 2 amide bonds. The molecule has 5 nitrogen and oxygen atoms in total. The van der Waals surface area contributed by atoms with E-state index in [9.17, 15) is 13.6 Å². The average Bonchev–Trinajstić information content (AvgIpc) is 2.92. The third kappa shape index (κ3) is 5.33. The van der Waals surface area contributed by atoms with Crippen LogP contribution in [0.5, 0.6) is 5.75 Å². The highest BCUT2D eigenvalue weighted by Gasteiger charge is 2.23. The Morgan fingerprint density at radius 2 is 2.08 bits per heavy atom. The lowest BCUT2D eigenvalue weighted by Gasteiger charge is -2.24. The van der Waals surface area contributed by atoms with Gasteiger partial charge in [0.1, 0.15) is 5.75 Å². The largest absolute Gasteiger partial charge is 0.435 e. The molecular weight excluding hydrogens is 316 g/mol. The number of amides is 2. The number of hydrogen-bond acceptors (Lipinski definition) is 3. The summed E-state index contributed by atoms with van der Waals surface area (Å²) in [7, 11) is 3.88. The minimum absolute atomic E-state index is 0.106. The lowest BCUT2D eigenvalue weighted by molar-refractivity contribution is -0.0498. The highest BCUT2D eigenvalue weighted by Crippen LogP contribution is 2.20. The Bertz CT molecular complexity index is 539. The molecule has 1 aliphatic heterocycles. The molecule has 1 aliphatic rings. The molecule has 1 aromatic rings. The Kier molecular flexibility index (Phi) is 6.36. The van der Waals surface area contributed by atoms with E-state index in [-0.39, 0.29) is 17.8 Å². The van der Waals surface area contributed by atoms with Crippen molar-refractivity contribution in [3.05, 3.63) is 29.8 Å². The van der Waals surface area contributed by atoms with E-state index in [0.29, 0.717) is 5.92 Å². The first kappa shape index (κ1) is 18.4. The number of carbonyl (C=O) groups excluding carboxylic acids is 1. The highest BCUT2D eigenvalue weighted by molar-refractivity contribution is 5.74. The molecule has 0 unspecified atom stereocenters. The molecule has 0 radical (unpaired) electrons. The highest BCUT2D eigenvalue weighted by atomic mass is 19.3. The maximum absolute atomic E-state index is 12.3. The van der Waals surface area contributed by atoms with E-state index in [0.717, 1.165) is 31.6 Å². The third-order valence-corrected chi connectivity index (χ3v) is 4.31. The second-order valence-electron chi connectivity index (χ2n) is 6.42. The van der Waals surface area contributed by atoms with E-state index < -0.39 is 6.61 Å². The van der Waals surface area contributed by atoms with Crippen LogP contribution in [0, 0.1) is 5.92 Å². The summed E-state index contributed by atoms with van der Waals surface area (Å²) in [6.45, 7) is 1.83. The Labute approximate surface area is 141 Å². The molecular formula is C17H25F2N3O2. The zero-order valence-corrected chi connectivity index (χ0v) is 14.3. The summed E-state index contributed by atoms with van der Waals surface area (Å²) in [5.74, 6) is 0.613. The molecule has 0 aromatic heterocycles. The maximum atomic E-state index is 12.3. The van der Waals surface area contributed by atoms with Crippen LogP contribution in [0.25, 0.3) is 0 Å². The monoisotopic (exact) mass is 341 g/mol. The van der Waals surface area contributed by atoms with Crippen molar-refractivity contribution in [3.8, 4) is 5.75 Å². The Balaban J connectivity index is 1.84. The van der Waals surface area contributed by atoms with Gasteiger partial charge in [-0.05, 0) is 50.6 Å². The van der Waals surface area contributed by atoms with Crippen molar-refractivity contribution in [2.45, 2.75) is 26.0 Å². The maximum Gasteiger partial charge on any atom is 0.387 e. The summed E-state index contributed by atoms with van der Waals surface area (Å²) >= 11 is 0. The van der Waals surface area contributed by atoms with Crippen molar-refractivity contribution in [3.63, 3.8) is 0 Å². The lowest BCUT2D eigenvalue weighted by Crippen LogP contribution is -2.41. The van der Waals surface area contributed by atoms with Gasteiger partial charge >= 0.3 is 12.6 Å². The number of carbonyl (C=O) groups is 1. The number of likely N-dealkylation sites (tertiary alicyclic amines) is 1. The van der Waals surface area contributed by atoms with Crippen molar-refractivity contribution in [1.29, 1.82) is 0 Å². The lowest BCUT2D eigenvalue weighted by atomic mass is 10.1. The van der Waals surface area contributed by atoms with Crippen molar-refractivity contribution in [2.24, 2.45) is 5.92 Å². The van der Waals surface area contributed by atoms with Gasteiger partial charge in [0.05, 0.1) is 6.04 Å². The van der Waals surface area contributed by atoms with Crippen LogP contribution in [0.15, 0.2) is 24.3 Å². The number of urea groups is 1. The summed E-state index contributed by atoms with van der Waals surface area (Å²) < 4.78 is 28.6. The molecule has 2 atom stereocenters. The zero-order chi connectivity index (χ0) is 17.7. The molecule has 1 aromatic carbocycles. The normalized spacial score (nSPS) is 19.3. The van der Waals surface area contributed by atoms with Crippen LogP contribution in [0.3, 0.4) is 0 Å². The molecule has 2 rings (SSSR count). The molecule has 7 heteroatoms. The van der Waals surface area contributed by atoms with Crippen molar-refractivity contribution >= 4 is 6.03 Å². The van der Waals surface area contributed by atoms with Gasteiger partial charge in [-0.3, -0.25) is 0 Å². The quantitative estimate of drug-likeness (QED) is 0.865. The number of ether oxygens (including phenoxy) is 1. The van der Waals surface area contributed by atoms with Crippen molar-refractivity contribution in [1.82, 2.24) is 15.1 Å². The standard InChI is InChI=1S/C17H25F2N3O2/c1-12(14-4-6-15(7-5-14)24-16(18)19)20-17(23)22(3)11-13-8-9-21(2)10-13/h4-7,12-13,16H,8-11H2,1-3H3,(H,20,23)/t12-,13-/m1/s1. The second kappa shape index (κ2) is 8.28. The summed E-state index contributed by atoms with van der Waals surface area (Å²) in [5, 5.41) is 2.93. The van der Waals surface area contributed by atoms with E-state index in [1.54, 1.807) is 24.1 Å². The average molecular weight is 341 g/mol. The number of benzene rings is 1. The Morgan fingerprint density at radius 1 is 1.42 bits per heavy atom. The van der Waals surface area contributed by atoms with Crippen LogP contribution < -0.4 is 10.1 Å². The first-order valence-corrected chi connectivity index (χ1v) is 8.10. The first-order chi connectivity index (χ1) is 11.3. The fourth-order valence-corrected chi connectivity index (χ4v) is 2.96. The number of rotatable bonds is 6. The van der Waals surface area contributed by atoms with E-state index in [2.05, 4.69) is 22.0 Å². The van der Waals surface area contributed by atoms with Crippen LogP contribution in [0.2, 0.25) is 0 Å². The minimum Gasteiger partial charge on any atom is -0.435 e. The number of halogens is 2. The topological polar surface area (TPSA) is 44.8 Å². The van der Waals surface area contributed by atoms with Gasteiger partial charge in [0, 0.05) is 20.1 Å². The van der Waals surface area contributed by atoms with Crippen LogP contribution >= 0.6 is 0 Å². The van der Waals surface area contributed by atoms with Gasteiger partial charge in [0.15, 0.2) is 0 Å². The number of alkyl halides is 2. The Hall–Kier alpha value is -1.89.